The van der Waals surface area contributed by atoms with Crippen LogP contribution in [0.5, 0.6) is 0 Å². The van der Waals surface area contributed by atoms with Crippen LogP contribution in [0.15, 0.2) is 12.3 Å². The van der Waals surface area contributed by atoms with Gasteiger partial charge < -0.3 is 15.0 Å². The van der Waals surface area contributed by atoms with Crippen molar-refractivity contribution in [2.24, 2.45) is 0 Å². The third-order valence-corrected chi connectivity index (χ3v) is 3.89. The average molecular weight is 286 g/mol. The van der Waals surface area contributed by atoms with Crippen molar-refractivity contribution >= 4 is 5.91 Å². The van der Waals surface area contributed by atoms with Crippen molar-refractivity contribution in [3.63, 3.8) is 0 Å². The molecule has 0 saturated carbocycles. The number of aliphatic hydroxyl groups is 1. The van der Waals surface area contributed by atoms with E-state index in [1.54, 1.807) is 17.2 Å². The lowest BCUT2D eigenvalue weighted by Crippen LogP contribution is -2.50. The quantitative estimate of drug-likeness (QED) is 0.891. The van der Waals surface area contributed by atoms with E-state index in [1.165, 1.54) is 0 Å². The lowest BCUT2D eigenvalue weighted by molar-refractivity contribution is -0.122. The van der Waals surface area contributed by atoms with Crippen LogP contribution in [-0.4, -0.2) is 46.0 Å². The van der Waals surface area contributed by atoms with Gasteiger partial charge in [0.2, 0.25) is 0 Å². The topological polar surface area (TPSA) is 56.3 Å². The minimum absolute atomic E-state index is 0.0794. The molecule has 0 radical (unpaired) electrons. The smallest absolute Gasteiger partial charge is 0.266 e. The van der Waals surface area contributed by atoms with Crippen LogP contribution >= 0.6 is 0 Å². The van der Waals surface area contributed by atoms with Gasteiger partial charge in [0.25, 0.3) is 12.3 Å². The Hall–Kier alpha value is -1.43. The fraction of sp³-hybridized carbons (Fsp3) is 0.643. The highest BCUT2D eigenvalue weighted by Crippen LogP contribution is 2.29. The third kappa shape index (κ3) is 2.85. The van der Waals surface area contributed by atoms with Crippen molar-refractivity contribution in [2.75, 3.05) is 13.1 Å². The molecule has 1 fully saturated rings. The van der Waals surface area contributed by atoms with Gasteiger partial charge in [0.1, 0.15) is 5.60 Å². The van der Waals surface area contributed by atoms with Crippen LogP contribution < -0.4 is 0 Å². The van der Waals surface area contributed by atoms with Crippen molar-refractivity contribution in [2.45, 2.75) is 44.6 Å². The molecular formula is C14H20F2N2O2. The molecule has 0 aliphatic carbocycles. The molecule has 0 bridgehead atoms. The van der Waals surface area contributed by atoms with E-state index in [0.29, 0.717) is 5.56 Å². The molecule has 4 nitrogen and oxygen atoms in total. The second-order valence-electron chi connectivity index (χ2n) is 5.32. The maximum Gasteiger partial charge on any atom is 0.266 e. The van der Waals surface area contributed by atoms with E-state index in [2.05, 4.69) is 4.98 Å². The Labute approximate surface area is 116 Å². The van der Waals surface area contributed by atoms with Gasteiger partial charge in [-0.3, -0.25) is 4.79 Å². The predicted molar refractivity (Wildman–Crippen MR) is 70.9 cm³/mol. The van der Waals surface area contributed by atoms with Crippen molar-refractivity contribution in [1.82, 2.24) is 9.88 Å². The second kappa shape index (κ2) is 5.91. The molecule has 2 N–H and O–H groups in total. The van der Waals surface area contributed by atoms with E-state index < -0.39 is 12.0 Å². The number of carbonyl (C=O) groups excluding carboxylic acids is 1. The summed E-state index contributed by atoms with van der Waals surface area (Å²) in [6, 6.07) is 1.72. The fourth-order valence-electron chi connectivity index (χ4n) is 2.55. The Kier molecular flexibility index (Phi) is 4.42. The number of aromatic nitrogens is 1. The van der Waals surface area contributed by atoms with Crippen molar-refractivity contribution < 1.29 is 18.7 Å². The summed E-state index contributed by atoms with van der Waals surface area (Å²) in [7, 11) is 0. The third-order valence-electron chi connectivity index (χ3n) is 3.89. The average Bonchev–Trinajstić information content (AvgIpc) is 2.87. The molecular weight excluding hydrogens is 266 g/mol. The first-order chi connectivity index (χ1) is 9.48. The normalized spacial score (nSPS) is 18.6. The molecule has 1 aromatic heterocycles. The maximum absolute atomic E-state index is 12.7. The van der Waals surface area contributed by atoms with E-state index >= 15 is 0 Å². The Morgan fingerprint density at radius 2 is 2.15 bits per heavy atom. The van der Waals surface area contributed by atoms with Gasteiger partial charge in [-0.05, 0) is 25.3 Å². The van der Waals surface area contributed by atoms with E-state index in [0.717, 1.165) is 18.5 Å². The number of rotatable bonds is 4. The van der Waals surface area contributed by atoms with Gasteiger partial charge >= 0.3 is 0 Å². The SMILES string of the molecule is CCCc1[nH]ccc1C(=O)N1CCC(O)(C(F)F)CC1. The maximum atomic E-state index is 12.7. The molecule has 1 aliphatic rings. The summed E-state index contributed by atoms with van der Waals surface area (Å²) in [5.41, 5.74) is -0.456. The number of nitrogens with one attached hydrogen (secondary N) is 1. The summed E-state index contributed by atoms with van der Waals surface area (Å²) in [4.78, 5) is 17.0. The van der Waals surface area contributed by atoms with Crippen LogP contribution in [-0.2, 0) is 6.42 Å². The second-order valence-corrected chi connectivity index (χ2v) is 5.32. The molecule has 0 atom stereocenters. The molecule has 6 heteroatoms. The minimum atomic E-state index is -2.76. The molecule has 0 spiro atoms. The van der Waals surface area contributed by atoms with E-state index in [9.17, 15) is 18.7 Å². The predicted octanol–water partition coefficient (Wildman–Crippen LogP) is 2.20. The van der Waals surface area contributed by atoms with E-state index in [4.69, 9.17) is 0 Å². The largest absolute Gasteiger partial charge is 0.384 e. The summed E-state index contributed by atoms with van der Waals surface area (Å²) in [5.74, 6) is -0.147. The molecule has 0 aromatic carbocycles. The number of nitrogens with zero attached hydrogens (tertiary/aromatic N) is 1. The van der Waals surface area contributed by atoms with Crippen LogP contribution in [0.25, 0.3) is 0 Å². The number of halogens is 2. The molecule has 0 unspecified atom stereocenters. The Morgan fingerprint density at radius 3 is 2.70 bits per heavy atom. The fourth-order valence-corrected chi connectivity index (χ4v) is 2.55. The van der Waals surface area contributed by atoms with Crippen LogP contribution in [0.1, 0.15) is 42.2 Å². The van der Waals surface area contributed by atoms with Gasteiger partial charge in [-0.1, -0.05) is 13.3 Å². The van der Waals surface area contributed by atoms with Crippen molar-refractivity contribution in [3.8, 4) is 0 Å². The highest BCUT2D eigenvalue weighted by atomic mass is 19.3. The molecule has 112 valence electrons. The number of aromatic amines is 1. The number of carbonyl (C=O) groups is 1. The van der Waals surface area contributed by atoms with Crippen LogP contribution in [0.2, 0.25) is 0 Å². The Balaban J connectivity index is 2.03. The summed E-state index contributed by atoms with van der Waals surface area (Å²) >= 11 is 0. The lowest BCUT2D eigenvalue weighted by Gasteiger charge is -2.37. The number of piperidine rings is 1. The highest BCUT2D eigenvalue weighted by Gasteiger charge is 2.41. The van der Waals surface area contributed by atoms with E-state index in [1.807, 2.05) is 6.92 Å². The zero-order chi connectivity index (χ0) is 14.8. The molecule has 1 amide bonds. The van der Waals surface area contributed by atoms with Gasteiger partial charge in [-0.25, -0.2) is 8.78 Å². The van der Waals surface area contributed by atoms with Crippen molar-refractivity contribution in [3.05, 3.63) is 23.5 Å². The highest BCUT2D eigenvalue weighted by molar-refractivity contribution is 5.95. The molecule has 1 saturated heterocycles. The first kappa shape index (κ1) is 15.0. The monoisotopic (exact) mass is 286 g/mol. The molecule has 2 heterocycles. The molecule has 1 aliphatic heterocycles. The first-order valence-corrected chi connectivity index (χ1v) is 6.94. The number of hydrogen-bond donors (Lipinski definition) is 2. The van der Waals surface area contributed by atoms with Crippen molar-refractivity contribution in [1.29, 1.82) is 0 Å². The summed E-state index contributed by atoms with van der Waals surface area (Å²) in [6.45, 7) is 2.35. The summed E-state index contributed by atoms with van der Waals surface area (Å²) in [5, 5.41) is 9.72. The Bertz CT molecular complexity index is 465. The Morgan fingerprint density at radius 1 is 1.50 bits per heavy atom. The zero-order valence-corrected chi connectivity index (χ0v) is 11.5. The van der Waals surface area contributed by atoms with Crippen LogP contribution in [0.3, 0.4) is 0 Å². The summed E-state index contributed by atoms with van der Waals surface area (Å²) < 4.78 is 25.4. The van der Waals surface area contributed by atoms with Gasteiger partial charge in [-0.15, -0.1) is 0 Å². The number of hydrogen-bond acceptors (Lipinski definition) is 2. The van der Waals surface area contributed by atoms with Gasteiger partial charge in [0.15, 0.2) is 0 Å². The lowest BCUT2D eigenvalue weighted by atomic mass is 9.91. The van der Waals surface area contributed by atoms with Gasteiger partial charge in [0, 0.05) is 25.0 Å². The van der Waals surface area contributed by atoms with Crippen LogP contribution in [0, 0.1) is 0 Å². The van der Waals surface area contributed by atoms with Gasteiger partial charge in [-0.2, -0.15) is 0 Å². The molecule has 2 rings (SSSR count). The zero-order valence-electron chi connectivity index (χ0n) is 11.5. The summed E-state index contributed by atoms with van der Waals surface area (Å²) in [6.07, 6.45) is 0.503. The first-order valence-electron chi connectivity index (χ1n) is 6.94. The number of H-pyrrole nitrogens is 1. The number of amides is 1. The number of aryl methyl sites for hydroxylation is 1. The van der Waals surface area contributed by atoms with Crippen LogP contribution in [0.4, 0.5) is 8.78 Å². The number of likely N-dealkylation sites (tertiary alicyclic amines) is 1. The van der Waals surface area contributed by atoms with Gasteiger partial charge in [0.05, 0.1) is 5.56 Å². The minimum Gasteiger partial charge on any atom is -0.384 e. The standard InChI is InChI=1S/C14H20F2N2O2/c1-2-3-11-10(4-7-17-11)12(19)18-8-5-14(20,6-9-18)13(15)16/h4,7,13,17,20H,2-3,5-6,8-9H2,1H3. The number of alkyl halides is 2. The molecule has 1 aromatic rings. The van der Waals surface area contributed by atoms with E-state index in [-0.39, 0.29) is 31.8 Å². The molecule has 20 heavy (non-hydrogen) atoms.